The molecular formula is C22H19ClN6O3S2. The second kappa shape index (κ2) is 11.6. The van der Waals surface area contributed by atoms with Gasteiger partial charge < -0.3 is 15.4 Å². The first-order valence-corrected chi connectivity index (χ1v) is 12.3. The first kappa shape index (κ1) is 23.7. The molecule has 0 radical (unpaired) electrons. The lowest BCUT2D eigenvalue weighted by molar-refractivity contribution is -0.123. The molecule has 0 spiro atoms. The minimum Gasteiger partial charge on any atom is -0.484 e. The van der Waals surface area contributed by atoms with Gasteiger partial charge in [0, 0.05) is 16.6 Å². The van der Waals surface area contributed by atoms with Gasteiger partial charge in [-0.05, 0) is 30.3 Å². The number of nitrogens with one attached hydrogen (secondary N) is 2. The molecule has 0 aliphatic rings. The van der Waals surface area contributed by atoms with E-state index in [1.165, 1.54) is 23.1 Å². The number of anilines is 1. The highest BCUT2D eigenvalue weighted by atomic mass is 35.5. The molecule has 0 unspecified atom stereocenters. The molecule has 0 fully saturated rings. The van der Waals surface area contributed by atoms with E-state index in [1.54, 1.807) is 46.5 Å². The van der Waals surface area contributed by atoms with Crippen LogP contribution < -0.4 is 15.4 Å². The molecule has 4 rings (SSSR count). The highest BCUT2D eigenvalue weighted by molar-refractivity contribution is 7.99. The lowest BCUT2D eigenvalue weighted by atomic mass is 10.3. The molecule has 2 N–H and O–H groups in total. The van der Waals surface area contributed by atoms with E-state index in [0.29, 0.717) is 32.6 Å². The van der Waals surface area contributed by atoms with Gasteiger partial charge in [-0.1, -0.05) is 47.6 Å². The van der Waals surface area contributed by atoms with Gasteiger partial charge in [-0.25, -0.2) is 4.98 Å². The molecule has 12 heteroatoms. The van der Waals surface area contributed by atoms with Gasteiger partial charge >= 0.3 is 0 Å². The van der Waals surface area contributed by atoms with Crippen molar-refractivity contribution in [2.75, 3.05) is 17.7 Å². The minimum absolute atomic E-state index is 0.107. The molecule has 0 bridgehead atoms. The first-order valence-electron chi connectivity index (χ1n) is 10.1. The Morgan fingerprint density at radius 2 is 1.94 bits per heavy atom. The summed E-state index contributed by atoms with van der Waals surface area (Å²) in [4.78, 5) is 28.6. The van der Waals surface area contributed by atoms with Gasteiger partial charge in [-0.15, -0.1) is 21.5 Å². The topological polar surface area (TPSA) is 111 Å². The minimum atomic E-state index is -0.304. The SMILES string of the molecule is O=C(COc1ccccc1)NCc1nnc(SCC(=O)Nc2nccs2)n1-c1cccc(Cl)c1. The van der Waals surface area contributed by atoms with Crippen LogP contribution in [0.1, 0.15) is 5.82 Å². The second-order valence-electron chi connectivity index (χ2n) is 6.77. The molecule has 2 aromatic heterocycles. The van der Waals surface area contributed by atoms with Crippen molar-refractivity contribution in [1.82, 2.24) is 25.1 Å². The summed E-state index contributed by atoms with van der Waals surface area (Å²) in [5, 5.41) is 17.3. The molecule has 174 valence electrons. The maximum absolute atomic E-state index is 12.3. The third kappa shape index (κ3) is 6.56. The van der Waals surface area contributed by atoms with Crippen LogP contribution in [0.3, 0.4) is 0 Å². The van der Waals surface area contributed by atoms with E-state index in [9.17, 15) is 9.59 Å². The Bertz CT molecular complexity index is 1250. The van der Waals surface area contributed by atoms with Gasteiger partial charge in [0.2, 0.25) is 5.91 Å². The molecule has 4 aromatic rings. The van der Waals surface area contributed by atoms with Crippen molar-refractivity contribution < 1.29 is 14.3 Å². The Morgan fingerprint density at radius 3 is 2.71 bits per heavy atom. The third-order valence-electron chi connectivity index (χ3n) is 4.33. The molecule has 34 heavy (non-hydrogen) atoms. The number of hydrogen-bond acceptors (Lipinski definition) is 8. The lowest BCUT2D eigenvalue weighted by Gasteiger charge is -2.11. The number of carbonyl (C=O) groups excluding carboxylic acids is 2. The Kier molecular flexibility index (Phi) is 8.12. The van der Waals surface area contributed by atoms with Crippen LogP contribution >= 0.6 is 34.7 Å². The number of aromatic nitrogens is 4. The molecule has 0 saturated heterocycles. The zero-order chi connectivity index (χ0) is 23.8. The van der Waals surface area contributed by atoms with E-state index >= 15 is 0 Å². The third-order valence-corrected chi connectivity index (χ3v) is 6.19. The number of carbonyl (C=O) groups is 2. The zero-order valence-electron chi connectivity index (χ0n) is 17.7. The van der Waals surface area contributed by atoms with Crippen LogP contribution in [0.15, 0.2) is 71.3 Å². The number of amides is 2. The van der Waals surface area contributed by atoms with Crippen molar-refractivity contribution in [3.8, 4) is 11.4 Å². The molecule has 9 nitrogen and oxygen atoms in total. The summed E-state index contributed by atoms with van der Waals surface area (Å²) in [6.45, 7) is -0.0176. The summed E-state index contributed by atoms with van der Waals surface area (Å²) in [6, 6.07) is 16.2. The van der Waals surface area contributed by atoms with E-state index in [2.05, 4.69) is 25.8 Å². The first-order chi connectivity index (χ1) is 16.6. The van der Waals surface area contributed by atoms with Gasteiger partial charge in [0.15, 0.2) is 22.7 Å². The number of thioether (sulfide) groups is 1. The van der Waals surface area contributed by atoms with Crippen LogP contribution in [0.5, 0.6) is 5.75 Å². The summed E-state index contributed by atoms with van der Waals surface area (Å²) < 4.78 is 7.23. The summed E-state index contributed by atoms with van der Waals surface area (Å²) in [5.41, 5.74) is 0.713. The molecule has 0 aliphatic carbocycles. The highest BCUT2D eigenvalue weighted by Gasteiger charge is 2.17. The van der Waals surface area contributed by atoms with Gasteiger partial charge in [-0.2, -0.15) is 0 Å². The molecule has 2 amide bonds. The molecule has 2 heterocycles. The van der Waals surface area contributed by atoms with Crippen molar-refractivity contribution in [3.63, 3.8) is 0 Å². The second-order valence-corrected chi connectivity index (χ2v) is 9.04. The quantitative estimate of drug-likeness (QED) is 0.309. The average Bonchev–Trinajstić information content (AvgIpc) is 3.50. The van der Waals surface area contributed by atoms with Crippen LogP contribution in [0.4, 0.5) is 5.13 Å². The van der Waals surface area contributed by atoms with Crippen molar-refractivity contribution in [3.05, 3.63) is 77.0 Å². The van der Waals surface area contributed by atoms with E-state index in [4.69, 9.17) is 16.3 Å². The maximum Gasteiger partial charge on any atom is 0.258 e. The van der Waals surface area contributed by atoms with Gasteiger partial charge in [-0.3, -0.25) is 14.2 Å². The molecular weight excluding hydrogens is 496 g/mol. The van der Waals surface area contributed by atoms with Crippen LogP contribution in [0.2, 0.25) is 5.02 Å². The van der Waals surface area contributed by atoms with Crippen LogP contribution in [0, 0.1) is 0 Å². The predicted octanol–water partition coefficient (Wildman–Crippen LogP) is 3.80. The molecule has 0 atom stereocenters. The lowest BCUT2D eigenvalue weighted by Crippen LogP contribution is -2.29. The standard InChI is InChI=1S/C22H19ClN6O3S2/c23-15-5-4-6-16(11-15)29-18(12-25-19(30)13-32-17-7-2-1-3-8-17)27-28-22(29)34-14-20(31)26-21-24-9-10-33-21/h1-11H,12-14H2,(H,25,30)(H,24,26,31). The van der Waals surface area contributed by atoms with Crippen molar-refractivity contribution in [2.45, 2.75) is 11.7 Å². The normalized spacial score (nSPS) is 10.6. The molecule has 0 aliphatic heterocycles. The van der Waals surface area contributed by atoms with E-state index < -0.39 is 0 Å². The number of nitrogens with zero attached hydrogens (tertiary/aromatic N) is 4. The maximum atomic E-state index is 12.3. The Hall–Kier alpha value is -3.41. The van der Waals surface area contributed by atoms with Crippen molar-refractivity contribution in [2.24, 2.45) is 0 Å². The largest absolute Gasteiger partial charge is 0.484 e. The van der Waals surface area contributed by atoms with Crippen LogP contribution in [-0.4, -0.2) is 43.9 Å². The number of rotatable bonds is 10. The number of para-hydroxylation sites is 1. The fourth-order valence-corrected chi connectivity index (χ4v) is 4.35. The Morgan fingerprint density at radius 1 is 1.09 bits per heavy atom. The Labute approximate surface area is 208 Å². The summed E-state index contributed by atoms with van der Waals surface area (Å²) in [5.74, 6) is 0.679. The van der Waals surface area contributed by atoms with Gasteiger partial charge in [0.25, 0.3) is 5.91 Å². The number of thiazole rings is 1. The average molecular weight is 515 g/mol. The summed E-state index contributed by atoms with van der Waals surface area (Å²) >= 11 is 8.74. The number of ether oxygens (including phenoxy) is 1. The van der Waals surface area contributed by atoms with E-state index in [-0.39, 0.29) is 30.7 Å². The van der Waals surface area contributed by atoms with E-state index in [1.807, 2.05) is 24.3 Å². The number of hydrogen-bond donors (Lipinski definition) is 2. The summed E-state index contributed by atoms with van der Waals surface area (Å²) in [6.07, 6.45) is 1.62. The predicted molar refractivity (Wildman–Crippen MR) is 132 cm³/mol. The van der Waals surface area contributed by atoms with Crippen LogP contribution in [-0.2, 0) is 16.1 Å². The smallest absolute Gasteiger partial charge is 0.258 e. The monoisotopic (exact) mass is 514 g/mol. The van der Waals surface area contributed by atoms with Gasteiger partial charge in [0.1, 0.15) is 5.75 Å². The molecule has 2 aromatic carbocycles. The molecule has 0 saturated carbocycles. The van der Waals surface area contributed by atoms with E-state index in [0.717, 1.165) is 0 Å². The fourth-order valence-electron chi connectivity index (χ4n) is 2.85. The fraction of sp³-hybridized carbons (Fsp3) is 0.136. The summed E-state index contributed by atoms with van der Waals surface area (Å²) in [7, 11) is 0. The highest BCUT2D eigenvalue weighted by Crippen LogP contribution is 2.24. The van der Waals surface area contributed by atoms with Gasteiger partial charge in [0.05, 0.1) is 18.0 Å². The number of halogens is 1. The Balaban J connectivity index is 1.43. The zero-order valence-corrected chi connectivity index (χ0v) is 20.1. The van der Waals surface area contributed by atoms with Crippen LogP contribution in [0.25, 0.3) is 5.69 Å². The number of benzene rings is 2. The van der Waals surface area contributed by atoms with Crippen molar-refractivity contribution in [1.29, 1.82) is 0 Å². The van der Waals surface area contributed by atoms with Crippen molar-refractivity contribution >= 4 is 51.6 Å².